The van der Waals surface area contributed by atoms with E-state index in [1.807, 2.05) is 38.1 Å². The van der Waals surface area contributed by atoms with Crippen LogP contribution in [0.4, 0.5) is 23.1 Å². The van der Waals surface area contributed by atoms with Crippen molar-refractivity contribution in [1.29, 1.82) is 0 Å². The van der Waals surface area contributed by atoms with Gasteiger partial charge in [0, 0.05) is 87.1 Å². The van der Waals surface area contributed by atoms with Gasteiger partial charge in [0.1, 0.15) is 11.1 Å². The minimum Gasteiger partial charge on any atom is -0.478 e. The number of hydrogen-bond donors (Lipinski definition) is 3. The van der Waals surface area contributed by atoms with Gasteiger partial charge >= 0.3 is 0 Å². The first kappa shape index (κ1) is 45.0. The fourth-order valence-corrected chi connectivity index (χ4v) is 11.2. The minimum absolute atomic E-state index is 0.0989. The highest BCUT2D eigenvalue weighted by Gasteiger charge is 2.46. The molecule has 3 N–H and O–H groups in total. The number of imide groups is 1. The molecule has 18 heteroatoms. The molecule has 7 heterocycles. The van der Waals surface area contributed by atoms with E-state index >= 15 is 0 Å². The largest absolute Gasteiger partial charge is 0.478 e. The summed E-state index contributed by atoms with van der Waals surface area (Å²) in [7, 11) is 1.52. The number of fused-ring (bicyclic) bond motifs is 2. The number of likely N-dealkylation sites (tertiary alicyclic amines) is 1. The standard InChI is InChI=1S/C49H59ClN10O7/c1-29(2)60-39-7-4-32(20-30(39)22-41(47(60)65)66-27-43(62)51-3)53-44-38(50)25-52-48(55-44)57-15-10-35(11-16-57)67-36-23-34(24-36)58-19-14-49(28-58)12-17-56(18-13-49)33-5-6-37-31(21-33)26-59(46(37)64)40-8-9-42(61)54-45(40)63/h4-7,20-22,25,29,34-36,40H,8-19,23-24,26-28H2,1-3H3,(H,51,62)(H,52,53,55)(H,54,61,63)/t34?,36?,40-/m1/s1. The summed E-state index contributed by atoms with van der Waals surface area (Å²) in [5.74, 6) is 0.0637. The maximum atomic E-state index is 13.3. The average molecular weight is 936 g/mol. The molecular formula is C49H59ClN10O7. The lowest BCUT2D eigenvalue weighted by Crippen LogP contribution is -2.52. The van der Waals surface area contributed by atoms with Crippen molar-refractivity contribution in [2.24, 2.45) is 5.41 Å². The second-order valence-electron chi connectivity index (χ2n) is 19.5. The lowest BCUT2D eigenvalue weighted by Gasteiger charge is -2.45. The quantitative estimate of drug-likeness (QED) is 0.159. The molecule has 4 aromatic rings. The molecular weight excluding hydrogens is 876 g/mol. The predicted molar refractivity (Wildman–Crippen MR) is 254 cm³/mol. The summed E-state index contributed by atoms with van der Waals surface area (Å²) in [5, 5.41) is 9.40. The van der Waals surface area contributed by atoms with Gasteiger partial charge in [0.15, 0.2) is 18.2 Å². The van der Waals surface area contributed by atoms with Crippen molar-refractivity contribution in [3.63, 3.8) is 0 Å². The van der Waals surface area contributed by atoms with Crippen LogP contribution in [0.1, 0.15) is 93.6 Å². The molecule has 2 aromatic heterocycles. The van der Waals surface area contributed by atoms with Gasteiger partial charge in [-0.1, -0.05) is 11.6 Å². The Hall–Kier alpha value is -5.78. The topological polar surface area (TPSA) is 184 Å². The van der Waals surface area contributed by atoms with E-state index in [1.165, 1.54) is 13.5 Å². The van der Waals surface area contributed by atoms with Gasteiger partial charge in [0.25, 0.3) is 17.4 Å². The summed E-state index contributed by atoms with van der Waals surface area (Å²) in [6.07, 6.45) is 10.2. The van der Waals surface area contributed by atoms with E-state index in [4.69, 9.17) is 26.1 Å². The molecule has 354 valence electrons. The van der Waals surface area contributed by atoms with Gasteiger partial charge in [0.2, 0.25) is 17.8 Å². The Labute approximate surface area is 394 Å². The molecule has 67 heavy (non-hydrogen) atoms. The van der Waals surface area contributed by atoms with Gasteiger partial charge in [-0.2, -0.15) is 4.98 Å². The second-order valence-corrected chi connectivity index (χ2v) is 19.9. The molecule has 1 spiro atoms. The van der Waals surface area contributed by atoms with Gasteiger partial charge in [-0.25, -0.2) is 4.98 Å². The normalized spacial score (nSPS) is 23.2. The third-order valence-electron chi connectivity index (χ3n) is 15.0. The maximum absolute atomic E-state index is 13.3. The van der Waals surface area contributed by atoms with E-state index in [1.54, 1.807) is 21.7 Å². The highest BCUT2D eigenvalue weighted by Crippen LogP contribution is 2.45. The Bertz CT molecular complexity index is 2650. The first-order chi connectivity index (χ1) is 32.3. The number of ether oxygens (including phenoxy) is 2. The predicted octanol–water partition coefficient (Wildman–Crippen LogP) is 5.16. The molecule has 0 unspecified atom stereocenters. The lowest BCUT2D eigenvalue weighted by molar-refractivity contribution is -0.137. The third kappa shape index (κ3) is 9.05. The number of pyridine rings is 1. The highest BCUT2D eigenvalue weighted by atomic mass is 35.5. The number of aromatic nitrogens is 3. The van der Waals surface area contributed by atoms with Gasteiger partial charge in [-0.3, -0.25) is 34.2 Å². The summed E-state index contributed by atoms with van der Waals surface area (Å²) in [6.45, 7) is 9.81. The molecule has 10 rings (SSSR count). The molecule has 1 atom stereocenters. The fraction of sp³-hybridized carbons (Fsp3) is 0.531. The lowest BCUT2D eigenvalue weighted by atomic mass is 9.77. The average Bonchev–Trinajstić information content (AvgIpc) is 3.86. The molecule has 4 amide bonds. The highest BCUT2D eigenvalue weighted by molar-refractivity contribution is 6.33. The van der Waals surface area contributed by atoms with Crippen LogP contribution in [-0.4, -0.2) is 125 Å². The van der Waals surface area contributed by atoms with E-state index < -0.39 is 6.04 Å². The van der Waals surface area contributed by atoms with E-state index in [2.05, 4.69) is 47.8 Å². The number of amides is 4. The Morgan fingerprint density at radius 2 is 1.72 bits per heavy atom. The number of carbonyl (C=O) groups is 4. The molecule has 0 bridgehead atoms. The van der Waals surface area contributed by atoms with Crippen LogP contribution in [-0.2, 0) is 25.7 Å². The van der Waals surface area contributed by atoms with Crippen LogP contribution in [0.5, 0.6) is 5.75 Å². The molecule has 17 nitrogen and oxygen atoms in total. The van der Waals surface area contributed by atoms with E-state index in [0.29, 0.717) is 46.8 Å². The van der Waals surface area contributed by atoms with Crippen LogP contribution < -0.4 is 36.0 Å². The summed E-state index contributed by atoms with van der Waals surface area (Å²) in [4.78, 5) is 80.9. The number of halogens is 1. The molecule has 4 saturated heterocycles. The summed E-state index contributed by atoms with van der Waals surface area (Å²) in [6, 6.07) is 13.3. The zero-order chi connectivity index (χ0) is 46.6. The number of nitrogens with zero attached hydrogens (tertiary/aromatic N) is 7. The number of piperidine rings is 3. The van der Waals surface area contributed by atoms with Crippen LogP contribution in [0, 0.1) is 5.41 Å². The van der Waals surface area contributed by atoms with Crippen LogP contribution in [0.15, 0.2) is 53.5 Å². The Kier molecular flexibility index (Phi) is 12.3. The van der Waals surface area contributed by atoms with Crippen LogP contribution in [0.25, 0.3) is 10.9 Å². The monoisotopic (exact) mass is 934 g/mol. The number of likely N-dealkylation sites (N-methyl/N-ethyl adjacent to an activating group) is 1. The second kappa shape index (κ2) is 18.4. The van der Waals surface area contributed by atoms with Crippen LogP contribution in [0.3, 0.4) is 0 Å². The summed E-state index contributed by atoms with van der Waals surface area (Å²) >= 11 is 6.62. The molecule has 1 aliphatic carbocycles. The zero-order valence-corrected chi connectivity index (χ0v) is 39.1. The van der Waals surface area contributed by atoms with Gasteiger partial charge < -0.3 is 39.4 Å². The number of anilines is 4. The van der Waals surface area contributed by atoms with Crippen LogP contribution >= 0.6 is 11.6 Å². The van der Waals surface area contributed by atoms with Crippen molar-refractivity contribution < 1.29 is 28.7 Å². The number of carbonyl (C=O) groups excluding carboxylic acids is 4. The number of nitrogens with one attached hydrogen (secondary N) is 3. The molecule has 0 radical (unpaired) electrons. The summed E-state index contributed by atoms with van der Waals surface area (Å²) in [5.41, 5.74) is 4.25. The van der Waals surface area contributed by atoms with Gasteiger partial charge in [-0.15, -0.1) is 0 Å². The van der Waals surface area contributed by atoms with Crippen molar-refractivity contribution in [2.75, 3.05) is 68.0 Å². The molecule has 1 saturated carbocycles. The maximum Gasteiger partial charge on any atom is 0.293 e. The molecule has 5 aliphatic heterocycles. The molecule has 2 aromatic carbocycles. The van der Waals surface area contributed by atoms with Gasteiger partial charge in [-0.05, 0) is 125 Å². The third-order valence-corrected chi connectivity index (χ3v) is 15.3. The minimum atomic E-state index is -0.601. The fourth-order valence-electron chi connectivity index (χ4n) is 11.1. The Balaban J connectivity index is 0.680. The van der Waals surface area contributed by atoms with E-state index in [9.17, 15) is 24.0 Å². The molecule has 5 fully saturated rings. The van der Waals surface area contributed by atoms with Crippen molar-refractivity contribution >= 4 is 69.3 Å². The summed E-state index contributed by atoms with van der Waals surface area (Å²) < 4.78 is 14.0. The first-order valence-electron chi connectivity index (χ1n) is 23.8. The van der Waals surface area contributed by atoms with Crippen molar-refractivity contribution in [2.45, 2.75) is 109 Å². The van der Waals surface area contributed by atoms with Crippen molar-refractivity contribution in [3.05, 3.63) is 75.2 Å². The zero-order valence-electron chi connectivity index (χ0n) is 38.4. The Morgan fingerprint density at radius 3 is 2.46 bits per heavy atom. The number of rotatable bonds is 12. The number of hydrogen-bond acceptors (Lipinski definition) is 13. The van der Waals surface area contributed by atoms with Crippen molar-refractivity contribution in [1.82, 2.24) is 35.0 Å². The van der Waals surface area contributed by atoms with Crippen LogP contribution in [0.2, 0.25) is 5.02 Å². The van der Waals surface area contributed by atoms with E-state index in [0.717, 1.165) is 106 Å². The number of benzene rings is 2. The Morgan fingerprint density at radius 1 is 0.940 bits per heavy atom. The SMILES string of the molecule is CNC(=O)COc1cc2cc(Nc3nc(N4CCC(OC5CC(N6CCC7(CCN(c8ccc9c(c8)CN([C@@H]8CCC(=O)NC8=O)C9=O)CC7)C6)C5)CC4)ncc3Cl)ccc2n(C(C)C)c1=O. The molecule has 6 aliphatic rings. The first-order valence-corrected chi connectivity index (χ1v) is 24.2. The van der Waals surface area contributed by atoms with Crippen molar-refractivity contribution in [3.8, 4) is 5.75 Å². The smallest absolute Gasteiger partial charge is 0.293 e. The van der Waals surface area contributed by atoms with Gasteiger partial charge in [0.05, 0.1) is 23.9 Å². The van der Waals surface area contributed by atoms with E-state index in [-0.39, 0.29) is 66.2 Å².